The lowest BCUT2D eigenvalue weighted by atomic mass is 9.98. The van der Waals surface area contributed by atoms with E-state index in [-0.39, 0.29) is 42.5 Å². The molecule has 0 radical (unpaired) electrons. The summed E-state index contributed by atoms with van der Waals surface area (Å²) in [4.78, 5) is 39.6. The largest absolute Gasteiger partial charge is 0.461 e. The summed E-state index contributed by atoms with van der Waals surface area (Å²) >= 11 is 5.78. The number of aromatic nitrogens is 4. The summed E-state index contributed by atoms with van der Waals surface area (Å²) in [7, 11) is 0. The highest BCUT2D eigenvalue weighted by Crippen LogP contribution is 2.36. The number of anilines is 1. The fourth-order valence-electron chi connectivity index (χ4n) is 5.89. The predicted octanol–water partition coefficient (Wildman–Crippen LogP) is 5.25. The van der Waals surface area contributed by atoms with Crippen molar-refractivity contribution >= 4 is 29.4 Å². The molecule has 2 aliphatic rings. The van der Waals surface area contributed by atoms with Crippen molar-refractivity contribution in [2.24, 2.45) is 0 Å². The Balaban J connectivity index is 1.34. The van der Waals surface area contributed by atoms with E-state index < -0.39 is 34.7 Å². The third kappa shape index (κ3) is 7.39. The predicted molar refractivity (Wildman–Crippen MR) is 168 cm³/mol. The fourth-order valence-corrected chi connectivity index (χ4v) is 6.11. The van der Waals surface area contributed by atoms with Crippen molar-refractivity contribution in [3.05, 3.63) is 69.3 Å². The lowest BCUT2D eigenvalue weighted by Crippen LogP contribution is -2.44. The van der Waals surface area contributed by atoms with Gasteiger partial charge >= 0.3 is 12.1 Å². The van der Waals surface area contributed by atoms with Crippen molar-refractivity contribution in [3.8, 4) is 0 Å². The zero-order valence-corrected chi connectivity index (χ0v) is 27.7. The Kier molecular flexibility index (Phi) is 10.4. The Morgan fingerprint density at radius 3 is 2.55 bits per heavy atom. The van der Waals surface area contributed by atoms with E-state index in [1.165, 1.54) is 11.0 Å². The summed E-state index contributed by atoms with van der Waals surface area (Å²) in [6, 6.07) is 2.48. The van der Waals surface area contributed by atoms with Crippen LogP contribution in [0.4, 0.5) is 19.1 Å². The first-order valence-electron chi connectivity index (χ1n) is 15.6. The Bertz CT molecular complexity index is 1600. The van der Waals surface area contributed by atoms with Gasteiger partial charge in [0.25, 0.3) is 5.91 Å². The van der Waals surface area contributed by atoms with E-state index in [9.17, 15) is 22.8 Å². The number of amides is 1. The molecule has 3 aromatic rings. The van der Waals surface area contributed by atoms with Gasteiger partial charge in [0, 0.05) is 60.7 Å². The van der Waals surface area contributed by atoms with Crippen molar-refractivity contribution in [2.45, 2.75) is 77.9 Å². The highest BCUT2D eigenvalue weighted by atomic mass is 35.5. The second-order valence-corrected chi connectivity index (χ2v) is 12.4. The van der Waals surface area contributed by atoms with Crippen molar-refractivity contribution in [1.82, 2.24) is 30.0 Å². The average molecular weight is 678 g/mol. The molecule has 1 unspecified atom stereocenters. The summed E-state index contributed by atoms with van der Waals surface area (Å²) in [5.74, 6) is -0.534. The minimum absolute atomic E-state index is 0.0184. The molecule has 0 aliphatic carbocycles. The molecule has 1 amide bonds. The van der Waals surface area contributed by atoms with Crippen LogP contribution in [0.3, 0.4) is 0 Å². The van der Waals surface area contributed by atoms with Crippen LogP contribution in [0.1, 0.15) is 89.9 Å². The van der Waals surface area contributed by atoms with Crippen LogP contribution >= 0.6 is 11.6 Å². The molecule has 0 saturated carbocycles. The number of fused-ring (bicyclic) bond motifs is 1. The van der Waals surface area contributed by atoms with Gasteiger partial charge < -0.3 is 24.6 Å². The summed E-state index contributed by atoms with van der Waals surface area (Å²) in [5.41, 5.74) is 1.03. The topological polar surface area (TPSA) is 115 Å². The third-order valence-corrected chi connectivity index (χ3v) is 8.94. The van der Waals surface area contributed by atoms with Gasteiger partial charge in [0.05, 0.1) is 54.7 Å². The van der Waals surface area contributed by atoms with Crippen molar-refractivity contribution < 1.29 is 32.2 Å². The number of halogens is 4. The van der Waals surface area contributed by atoms with Crippen LogP contribution in [0.15, 0.2) is 30.6 Å². The van der Waals surface area contributed by atoms with Crippen LogP contribution in [0.2, 0.25) is 5.02 Å². The van der Waals surface area contributed by atoms with Crippen LogP contribution in [0.25, 0.3) is 0 Å². The molecule has 4 atom stereocenters. The number of nitrogens with one attached hydrogen (secondary N) is 1. The molecule has 254 valence electrons. The van der Waals surface area contributed by atoms with Gasteiger partial charge in [-0.25, -0.2) is 14.8 Å². The molecular weight excluding hydrogens is 639 g/mol. The van der Waals surface area contributed by atoms with E-state index in [4.69, 9.17) is 26.2 Å². The number of rotatable bonds is 9. The Morgan fingerprint density at radius 2 is 1.89 bits per heavy atom. The van der Waals surface area contributed by atoms with E-state index in [0.717, 1.165) is 24.2 Å². The quantitative estimate of drug-likeness (QED) is 0.304. The molecule has 47 heavy (non-hydrogen) atoms. The number of hydrogen-bond donors (Lipinski definition) is 1. The summed E-state index contributed by atoms with van der Waals surface area (Å²) < 4.78 is 53.1. The molecule has 1 fully saturated rings. The molecule has 4 heterocycles. The summed E-state index contributed by atoms with van der Waals surface area (Å²) in [6.07, 6.45) is -0.808. The Hall–Kier alpha value is -3.75. The minimum Gasteiger partial charge on any atom is -0.461 e. The van der Waals surface area contributed by atoms with Crippen LogP contribution in [0.5, 0.6) is 0 Å². The molecule has 1 N–H and O–H groups in total. The number of hydrogen-bond acceptors (Lipinski definition) is 9. The maximum absolute atomic E-state index is 13.5. The molecular formula is C32H39ClF3N7O4. The van der Waals surface area contributed by atoms with Gasteiger partial charge in [0.15, 0.2) is 5.69 Å². The first-order valence-corrected chi connectivity index (χ1v) is 16.0. The van der Waals surface area contributed by atoms with Gasteiger partial charge in [-0.05, 0) is 52.8 Å². The lowest BCUT2D eigenvalue weighted by Gasteiger charge is -2.33. The van der Waals surface area contributed by atoms with Crippen LogP contribution in [-0.4, -0.2) is 81.5 Å². The first-order chi connectivity index (χ1) is 22.3. The monoisotopic (exact) mass is 677 g/mol. The fraction of sp³-hybridized carbons (Fsp3) is 0.531. The number of esters is 1. The van der Waals surface area contributed by atoms with Gasteiger partial charge in [0.2, 0.25) is 5.95 Å². The highest BCUT2D eigenvalue weighted by Gasteiger charge is 2.38. The minimum atomic E-state index is -4.72. The first kappa shape index (κ1) is 34.6. The molecule has 2 aliphatic heterocycles. The number of ether oxygens (including phenoxy) is 2. The smallest absolute Gasteiger partial charge is 0.417 e. The van der Waals surface area contributed by atoms with Crippen LogP contribution in [-0.2, 0) is 28.6 Å². The lowest BCUT2D eigenvalue weighted by molar-refractivity contribution is -0.137. The number of morpholine rings is 1. The average Bonchev–Trinajstić information content (AvgIpc) is 3.41. The van der Waals surface area contributed by atoms with Gasteiger partial charge in [-0.2, -0.15) is 18.3 Å². The Morgan fingerprint density at radius 1 is 1.17 bits per heavy atom. The highest BCUT2D eigenvalue weighted by molar-refractivity contribution is 6.31. The molecule has 2 aromatic heterocycles. The molecule has 15 heteroatoms. The van der Waals surface area contributed by atoms with E-state index >= 15 is 0 Å². The summed E-state index contributed by atoms with van der Waals surface area (Å²) in [6.45, 7) is 12.0. The molecule has 1 aromatic carbocycles. The van der Waals surface area contributed by atoms with Crippen molar-refractivity contribution in [2.75, 3.05) is 37.8 Å². The Labute approximate surface area is 276 Å². The van der Waals surface area contributed by atoms with Crippen LogP contribution in [0, 0.1) is 0 Å². The zero-order valence-electron chi connectivity index (χ0n) is 27.0. The molecule has 0 bridgehead atoms. The van der Waals surface area contributed by atoms with Gasteiger partial charge in [0.1, 0.15) is 0 Å². The van der Waals surface area contributed by atoms with Gasteiger partial charge in [-0.1, -0.05) is 11.6 Å². The molecule has 0 spiro atoms. The molecule has 1 saturated heterocycles. The number of carbonyl (C=O) groups excluding carboxylic acids is 2. The number of benzene rings is 1. The van der Waals surface area contributed by atoms with E-state index in [1.54, 1.807) is 30.9 Å². The van der Waals surface area contributed by atoms with Crippen molar-refractivity contribution in [3.63, 3.8) is 0 Å². The number of alkyl halides is 3. The second kappa shape index (κ2) is 14.2. The normalized spacial score (nSPS) is 19.7. The van der Waals surface area contributed by atoms with E-state index in [2.05, 4.69) is 27.1 Å². The van der Waals surface area contributed by atoms with Crippen molar-refractivity contribution in [1.29, 1.82) is 0 Å². The number of carbonyl (C=O) groups is 2. The maximum atomic E-state index is 13.5. The third-order valence-electron chi connectivity index (χ3n) is 8.61. The molecule has 11 nitrogen and oxygen atoms in total. The van der Waals surface area contributed by atoms with Crippen LogP contribution < -0.4 is 10.2 Å². The maximum Gasteiger partial charge on any atom is 0.417 e. The van der Waals surface area contributed by atoms with Gasteiger partial charge in [-0.3, -0.25) is 9.48 Å². The summed E-state index contributed by atoms with van der Waals surface area (Å²) in [5, 5.41) is 7.76. The standard InChI is InChI=1S/C32H39ClF3N7O4/c1-6-47-30(45)28-24-16-42(29(44)22-7-8-26(33)25(12-22)32(34,35)36)18(2)11-27(24)40-43(28)19(3)13-37-21(5)23-14-38-31(39-15-23)41-9-10-46-17-20(41)4/h7-8,12,14-15,18-21,37H,6,9-11,13,16-17H2,1-5H3/t18-,19-,20+,21?/m1/s1. The van der Waals surface area contributed by atoms with E-state index in [1.807, 2.05) is 13.8 Å². The zero-order chi connectivity index (χ0) is 34.0. The second-order valence-electron chi connectivity index (χ2n) is 12.0. The van der Waals surface area contributed by atoms with Gasteiger partial charge in [-0.15, -0.1) is 0 Å². The number of nitrogens with zero attached hydrogens (tertiary/aromatic N) is 6. The van der Waals surface area contributed by atoms with E-state index in [0.29, 0.717) is 43.4 Å². The SMILES string of the molecule is CCOC(=O)c1c2c(nn1[C@H](C)CNC(C)c1cnc(N3CCOC[C@@H]3C)nc1)C[C@@H](C)N(C(=O)c1ccc(Cl)c(C(F)(F)F)c1)C2. The molecule has 5 rings (SSSR count).